The summed E-state index contributed by atoms with van der Waals surface area (Å²) in [5.74, 6) is 0.190. The molecule has 0 radical (unpaired) electrons. The normalized spacial score (nSPS) is 20.8. The second kappa shape index (κ2) is 10.1. The van der Waals surface area contributed by atoms with Crippen LogP contribution in [0.4, 0.5) is 5.95 Å². The van der Waals surface area contributed by atoms with Crippen molar-refractivity contribution < 1.29 is 14.4 Å². The van der Waals surface area contributed by atoms with Gasteiger partial charge in [0.1, 0.15) is 0 Å². The number of fused-ring (bicyclic) bond motifs is 1. The average Bonchev–Trinajstić information content (AvgIpc) is 3.62. The Kier molecular flexibility index (Phi) is 6.79. The number of thiophene rings is 1. The minimum atomic E-state index is -0.237. The number of benzene rings is 1. The maximum atomic E-state index is 13.3. The van der Waals surface area contributed by atoms with E-state index in [4.69, 9.17) is 4.98 Å². The minimum absolute atomic E-state index is 0.0101. The monoisotopic (exact) mass is 529 g/mol. The zero-order valence-electron chi connectivity index (χ0n) is 21.6. The molecule has 2 aromatic heterocycles. The number of nitrogens with one attached hydrogen (secondary N) is 1. The Bertz CT molecular complexity index is 1480. The summed E-state index contributed by atoms with van der Waals surface area (Å²) < 4.78 is 2.14. The van der Waals surface area contributed by atoms with E-state index in [9.17, 15) is 14.4 Å². The molecular formula is C29H31N5O3S. The Morgan fingerprint density at radius 3 is 2.58 bits per heavy atom. The number of carbonyl (C=O) groups excluding carboxylic acids is 3. The fraction of sp³-hybridized carbons (Fsp3) is 0.310. The molecule has 3 aromatic rings. The Balaban J connectivity index is 1.37. The van der Waals surface area contributed by atoms with E-state index in [2.05, 4.69) is 23.0 Å². The summed E-state index contributed by atoms with van der Waals surface area (Å²) >= 11 is 1.34. The van der Waals surface area contributed by atoms with Gasteiger partial charge in [0.25, 0.3) is 5.91 Å². The molecule has 38 heavy (non-hydrogen) atoms. The Hall–Kier alpha value is -3.98. The number of aromatic nitrogens is 2. The zero-order valence-corrected chi connectivity index (χ0v) is 22.5. The number of para-hydroxylation sites is 2. The quantitative estimate of drug-likeness (QED) is 0.341. The molecular weight excluding hydrogens is 498 g/mol. The molecule has 5 rings (SSSR count). The van der Waals surface area contributed by atoms with Crippen molar-refractivity contribution in [3.8, 4) is 0 Å². The molecule has 0 bridgehead atoms. The number of anilines is 1. The smallest absolute Gasteiger partial charge is 0.268 e. The van der Waals surface area contributed by atoms with Crippen LogP contribution in [0.2, 0.25) is 0 Å². The van der Waals surface area contributed by atoms with Crippen molar-refractivity contribution >= 4 is 51.6 Å². The van der Waals surface area contributed by atoms with Crippen LogP contribution in [0.5, 0.6) is 0 Å². The van der Waals surface area contributed by atoms with E-state index in [1.807, 2.05) is 35.2 Å². The van der Waals surface area contributed by atoms with E-state index < -0.39 is 0 Å². The third-order valence-electron chi connectivity index (χ3n) is 7.61. The molecule has 1 N–H and O–H groups in total. The maximum absolute atomic E-state index is 13.3. The molecule has 1 spiro atoms. The van der Waals surface area contributed by atoms with E-state index in [1.54, 1.807) is 25.4 Å². The van der Waals surface area contributed by atoms with Crippen molar-refractivity contribution in [2.45, 2.75) is 32.2 Å². The Morgan fingerprint density at radius 2 is 1.87 bits per heavy atom. The van der Waals surface area contributed by atoms with Crippen LogP contribution in [0.1, 0.15) is 46.8 Å². The van der Waals surface area contributed by atoms with Crippen molar-refractivity contribution in [3.63, 3.8) is 0 Å². The first-order valence-electron chi connectivity index (χ1n) is 12.6. The van der Waals surface area contributed by atoms with Crippen molar-refractivity contribution in [2.24, 2.45) is 5.41 Å². The van der Waals surface area contributed by atoms with Gasteiger partial charge in [0, 0.05) is 49.8 Å². The third kappa shape index (κ3) is 4.69. The first-order chi connectivity index (χ1) is 18.2. The second-order valence-corrected chi connectivity index (χ2v) is 11.2. The topological polar surface area (TPSA) is 87.5 Å². The molecule has 1 aromatic carbocycles. The number of hydrogen-bond donors (Lipinski definition) is 1. The van der Waals surface area contributed by atoms with Gasteiger partial charge in [-0.3, -0.25) is 19.7 Å². The van der Waals surface area contributed by atoms with E-state index in [0.29, 0.717) is 10.8 Å². The predicted molar refractivity (Wildman–Crippen MR) is 151 cm³/mol. The predicted octanol–water partition coefficient (Wildman–Crippen LogP) is 5.09. The summed E-state index contributed by atoms with van der Waals surface area (Å²) in [7, 11) is 1.68. The molecule has 0 unspecified atom stereocenters. The third-order valence-corrected chi connectivity index (χ3v) is 8.74. The van der Waals surface area contributed by atoms with Gasteiger partial charge in [-0.15, -0.1) is 11.3 Å². The molecule has 1 aliphatic carbocycles. The number of nitrogens with zero attached hydrogens (tertiary/aromatic N) is 4. The SMILES string of the molecule is C=CC(=O)N1CCC2(CC(n3c(NC(=O)c4ccc(/C(C=C)=C/N(C)C(C)=O)s4)nc4ccccc43)C2)C1. The lowest BCUT2D eigenvalue weighted by Gasteiger charge is -2.46. The number of carbonyl (C=O) groups is 3. The summed E-state index contributed by atoms with van der Waals surface area (Å²) in [5.41, 5.74) is 2.68. The molecule has 2 fully saturated rings. The number of rotatable bonds is 7. The van der Waals surface area contributed by atoms with E-state index in [0.717, 1.165) is 53.8 Å². The lowest BCUT2D eigenvalue weighted by atomic mass is 9.65. The molecule has 9 heteroatoms. The highest BCUT2D eigenvalue weighted by molar-refractivity contribution is 7.15. The van der Waals surface area contributed by atoms with Crippen LogP contribution in [0.15, 0.2) is 67.9 Å². The number of hydrogen-bond acceptors (Lipinski definition) is 5. The van der Waals surface area contributed by atoms with Crippen LogP contribution in [0.3, 0.4) is 0 Å². The minimum Gasteiger partial charge on any atom is -0.339 e. The van der Waals surface area contributed by atoms with Gasteiger partial charge in [-0.25, -0.2) is 4.98 Å². The average molecular weight is 530 g/mol. The second-order valence-electron chi connectivity index (χ2n) is 10.1. The summed E-state index contributed by atoms with van der Waals surface area (Å²) in [6.07, 6.45) is 7.60. The van der Waals surface area contributed by atoms with E-state index in [1.165, 1.54) is 29.2 Å². The van der Waals surface area contributed by atoms with Crippen LogP contribution in [0, 0.1) is 5.41 Å². The highest BCUT2D eigenvalue weighted by Crippen LogP contribution is 2.55. The fourth-order valence-electron chi connectivity index (χ4n) is 5.50. The highest BCUT2D eigenvalue weighted by Gasteiger charge is 2.50. The van der Waals surface area contributed by atoms with Gasteiger partial charge in [0.2, 0.25) is 17.8 Å². The summed E-state index contributed by atoms with van der Waals surface area (Å²) in [5, 5.41) is 3.05. The van der Waals surface area contributed by atoms with Crippen LogP contribution < -0.4 is 5.32 Å². The molecule has 196 valence electrons. The van der Waals surface area contributed by atoms with Gasteiger partial charge >= 0.3 is 0 Å². The summed E-state index contributed by atoms with van der Waals surface area (Å²) in [6, 6.07) is 11.7. The van der Waals surface area contributed by atoms with Crippen LogP contribution in [-0.2, 0) is 9.59 Å². The molecule has 8 nitrogen and oxygen atoms in total. The lowest BCUT2D eigenvalue weighted by Crippen LogP contribution is -2.42. The van der Waals surface area contributed by atoms with Crippen LogP contribution in [-0.4, -0.2) is 57.2 Å². The van der Waals surface area contributed by atoms with Crippen molar-refractivity contribution in [3.05, 3.63) is 77.7 Å². The van der Waals surface area contributed by atoms with Gasteiger partial charge in [0.15, 0.2) is 0 Å². The lowest BCUT2D eigenvalue weighted by molar-refractivity contribution is -0.126. The highest BCUT2D eigenvalue weighted by atomic mass is 32.1. The number of imidazole rings is 1. The van der Waals surface area contributed by atoms with E-state index >= 15 is 0 Å². The van der Waals surface area contributed by atoms with Gasteiger partial charge in [-0.05, 0) is 55.0 Å². The van der Waals surface area contributed by atoms with Crippen LogP contribution >= 0.6 is 11.3 Å². The molecule has 2 aliphatic rings. The molecule has 3 amide bonds. The van der Waals surface area contributed by atoms with Gasteiger partial charge in [0.05, 0.1) is 15.9 Å². The molecule has 1 saturated heterocycles. The number of likely N-dealkylation sites (tertiary alicyclic amines) is 1. The van der Waals surface area contributed by atoms with Gasteiger partial charge in [-0.1, -0.05) is 31.4 Å². The molecule has 1 aliphatic heterocycles. The summed E-state index contributed by atoms with van der Waals surface area (Å²) in [4.78, 5) is 46.5. The summed E-state index contributed by atoms with van der Waals surface area (Å²) in [6.45, 7) is 10.5. The van der Waals surface area contributed by atoms with Crippen molar-refractivity contribution in [1.29, 1.82) is 0 Å². The zero-order chi connectivity index (χ0) is 27.0. The first kappa shape index (κ1) is 25.7. The number of amides is 3. The maximum Gasteiger partial charge on any atom is 0.268 e. The largest absolute Gasteiger partial charge is 0.339 e. The Morgan fingerprint density at radius 1 is 1.13 bits per heavy atom. The standard InChI is InChI=1S/C29H31N5O3S/c1-5-20(17-32(4)19(3)35)24-11-12-25(38-24)27(37)31-28-30-22-9-7-8-10-23(22)34(28)21-15-29(16-21)13-14-33(18-29)26(36)6-2/h5-12,17,21H,1-2,13-16,18H2,3-4H3,(H,30,31,37)/b20-17+. The van der Waals surface area contributed by atoms with Crippen LogP contribution in [0.25, 0.3) is 16.6 Å². The van der Waals surface area contributed by atoms with Gasteiger partial charge in [-0.2, -0.15) is 0 Å². The molecule has 0 atom stereocenters. The molecule has 3 heterocycles. The van der Waals surface area contributed by atoms with E-state index in [-0.39, 0.29) is 29.2 Å². The van der Waals surface area contributed by atoms with Crippen molar-refractivity contribution in [2.75, 3.05) is 25.5 Å². The van der Waals surface area contributed by atoms with Gasteiger partial charge < -0.3 is 14.4 Å². The fourth-order valence-corrected chi connectivity index (χ4v) is 6.41. The van der Waals surface area contributed by atoms with Crippen molar-refractivity contribution in [1.82, 2.24) is 19.4 Å². The number of allylic oxidation sites excluding steroid dienone is 2. The first-order valence-corrected chi connectivity index (χ1v) is 13.4. The molecule has 1 saturated carbocycles. The Labute approximate surface area is 225 Å².